The van der Waals surface area contributed by atoms with E-state index >= 15 is 0 Å². The molecule has 0 atom stereocenters. The van der Waals surface area contributed by atoms with Crippen molar-refractivity contribution in [3.05, 3.63) is 0 Å². The van der Waals surface area contributed by atoms with Gasteiger partial charge in [-0.15, -0.1) is 0 Å². The molecule has 0 spiro atoms. The lowest BCUT2D eigenvalue weighted by Gasteiger charge is -2.35. The van der Waals surface area contributed by atoms with Gasteiger partial charge < -0.3 is 19.8 Å². The van der Waals surface area contributed by atoms with E-state index in [9.17, 15) is 4.79 Å². The molecule has 0 aromatic carbocycles. The number of rotatable bonds is 8. The largest absolute Gasteiger partial charge is 0.477 e. The predicted octanol–water partition coefficient (Wildman–Crippen LogP) is -1.21. The molecule has 0 fully saturated rings. The van der Waals surface area contributed by atoms with Gasteiger partial charge in [0.15, 0.2) is 6.54 Å². The highest BCUT2D eigenvalue weighted by Gasteiger charge is 2.29. The quantitative estimate of drug-likeness (QED) is 0.443. The third kappa shape index (κ3) is 5.32. The molecule has 0 aliphatic heterocycles. The first-order valence-corrected chi connectivity index (χ1v) is 4.76. The second-order valence-electron chi connectivity index (χ2n) is 3.42. The van der Waals surface area contributed by atoms with Crippen molar-refractivity contribution in [2.75, 3.05) is 39.4 Å². The molecule has 0 amide bonds. The zero-order chi connectivity index (χ0) is 11.7. The number of aliphatic carboxylic acids is 1. The molecule has 0 heterocycles. The highest BCUT2D eigenvalue weighted by molar-refractivity contribution is 5.67. The molecular formula is C9H17N2O4+. The Morgan fingerprint density at radius 3 is 2.07 bits per heavy atom. The SMILES string of the molecule is N#CCC[N+](CCO)(CCO)CC(=O)O. The van der Waals surface area contributed by atoms with Crippen LogP contribution in [0.4, 0.5) is 0 Å². The summed E-state index contributed by atoms with van der Waals surface area (Å²) in [5.41, 5.74) is 0. The topological polar surface area (TPSA) is 102 Å². The van der Waals surface area contributed by atoms with Gasteiger partial charge in [0, 0.05) is 0 Å². The van der Waals surface area contributed by atoms with Gasteiger partial charge in [0.1, 0.15) is 13.1 Å². The lowest BCUT2D eigenvalue weighted by atomic mass is 10.2. The first-order valence-electron chi connectivity index (χ1n) is 4.76. The number of carbonyl (C=O) groups is 1. The minimum Gasteiger partial charge on any atom is -0.477 e. The van der Waals surface area contributed by atoms with E-state index in [4.69, 9.17) is 20.6 Å². The zero-order valence-corrected chi connectivity index (χ0v) is 8.59. The Balaban J connectivity index is 4.55. The number of hydrogen-bond donors (Lipinski definition) is 3. The fourth-order valence-corrected chi connectivity index (χ4v) is 1.57. The van der Waals surface area contributed by atoms with Crippen LogP contribution in [0.2, 0.25) is 0 Å². The molecule has 0 aromatic heterocycles. The highest BCUT2D eigenvalue weighted by Crippen LogP contribution is 2.07. The number of hydrogen-bond acceptors (Lipinski definition) is 4. The number of nitriles is 1. The van der Waals surface area contributed by atoms with Crippen molar-refractivity contribution in [1.82, 2.24) is 0 Å². The van der Waals surface area contributed by atoms with Gasteiger partial charge in [0.25, 0.3) is 0 Å². The van der Waals surface area contributed by atoms with Crippen LogP contribution in [0.25, 0.3) is 0 Å². The summed E-state index contributed by atoms with van der Waals surface area (Å²) < 4.78 is 0.0515. The van der Waals surface area contributed by atoms with E-state index in [2.05, 4.69) is 0 Å². The molecule has 0 radical (unpaired) electrons. The van der Waals surface area contributed by atoms with Crippen LogP contribution in [0.5, 0.6) is 0 Å². The van der Waals surface area contributed by atoms with Crippen LogP contribution in [-0.2, 0) is 4.79 Å². The van der Waals surface area contributed by atoms with Crippen LogP contribution in [0.1, 0.15) is 6.42 Å². The first kappa shape index (κ1) is 13.8. The first-order chi connectivity index (χ1) is 7.10. The van der Waals surface area contributed by atoms with Crippen LogP contribution in [0.3, 0.4) is 0 Å². The van der Waals surface area contributed by atoms with Gasteiger partial charge >= 0.3 is 5.97 Å². The van der Waals surface area contributed by atoms with E-state index < -0.39 is 5.97 Å². The lowest BCUT2D eigenvalue weighted by molar-refractivity contribution is -0.921. The number of quaternary nitrogens is 1. The summed E-state index contributed by atoms with van der Waals surface area (Å²) in [5.74, 6) is -0.991. The molecule has 3 N–H and O–H groups in total. The normalized spacial score (nSPS) is 11.0. The Hall–Kier alpha value is -1.16. The summed E-state index contributed by atoms with van der Waals surface area (Å²) in [5, 5.41) is 34.9. The number of aliphatic hydroxyl groups is 2. The third-order valence-corrected chi connectivity index (χ3v) is 2.32. The lowest BCUT2D eigenvalue weighted by Crippen LogP contribution is -2.54. The van der Waals surface area contributed by atoms with Crippen LogP contribution >= 0.6 is 0 Å². The van der Waals surface area contributed by atoms with Crippen LogP contribution in [-0.4, -0.2) is 65.2 Å². The Morgan fingerprint density at radius 2 is 1.73 bits per heavy atom. The van der Waals surface area contributed by atoms with E-state index in [0.29, 0.717) is 6.54 Å². The Morgan fingerprint density at radius 1 is 1.20 bits per heavy atom. The molecule has 0 aromatic rings. The Bertz CT molecular complexity index is 231. The highest BCUT2D eigenvalue weighted by atomic mass is 16.4. The van der Waals surface area contributed by atoms with E-state index in [0.717, 1.165) is 0 Å². The van der Waals surface area contributed by atoms with Gasteiger partial charge in [-0.2, -0.15) is 5.26 Å². The average Bonchev–Trinajstić information content (AvgIpc) is 2.14. The van der Waals surface area contributed by atoms with Crippen molar-refractivity contribution in [1.29, 1.82) is 5.26 Å². The summed E-state index contributed by atoms with van der Waals surface area (Å²) in [6, 6.07) is 1.94. The molecule has 0 bridgehead atoms. The standard InChI is InChI=1S/C9H16N2O4/c10-2-1-3-11(4-6-12,5-7-13)8-9(14)15/h12-13H,1,3-8H2/p+1. The van der Waals surface area contributed by atoms with Crippen molar-refractivity contribution in [2.45, 2.75) is 6.42 Å². The van der Waals surface area contributed by atoms with E-state index in [1.807, 2.05) is 6.07 Å². The summed E-state index contributed by atoms with van der Waals surface area (Å²) in [4.78, 5) is 10.7. The second kappa shape index (κ2) is 7.17. The van der Waals surface area contributed by atoms with Gasteiger partial charge in [0.05, 0.1) is 32.2 Å². The van der Waals surface area contributed by atoms with Gasteiger partial charge in [-0.05, 0) is 0 Å². The number of nitrogens with zero attached hydrogens (tertiary/aromatic N) is 2. The molecular weight excluding hydrogens is 200 g/mol. The Labute approximate surface area is 88.6 Å². The maximum absolute atomic E-state index is 10.7. The van der Waals surface area contributed by atoms with E-state index in [1.165, 1.54) is 0 Å². The maximum atomic E-state index is 10.7. The van der Waals surface area contributed by atoms with Gasteiger partial charge in [-0.25, -0.2) is 4.79 Å². The fourth-order valence-electron chi connectivity index (χ4n) is 1.57. The van der Waals surface area contributed by atoms with Crippen molar-refractivity contribution >= 4 is 5.97 Å². The minimum absolute atomic E-state index is 0.0515. The van der Waals surface area contributed by atoms with Crippen molar-refractivity contribution < 1.29 is 24.6 Å². The molecule has 0 aliphatic rings. The van der Waals surface area contributed by atoms with Crippen LogP contribution < -0.4 is 0 Å². The van der Waals surface area contributed by atoms with Gasteiger partial charge in [-0.1, -0.05) is 0 Å². The summed E-state index contributed by atoms with van der Waals surface area (Å²) in [6.45, 7) is 0.340. The fraction of sp³-hybridized carbons (Fsp3) is 0.778. The Kier molecular flexibility index (Phi) is 6.62. The van der Waals surface area contributed by atoms with E-state index in [1.54, 1.807) is 0 Å². The number of carboxylic acid groups (broad SMARTS) is 1. The number of aliphatic hydroxyl groups excluding tert-OH is 2. The maximum Gasteiger partial charge on any atom is 0.359 e. The molecule has 0 saturated carbocycles. The van der Waals surface area contributed by atoms with Crippen LogP contribution in [0.15, 0.2) is 0 Å². The molecule has 6 heteroatoms. The average molecular weight is 217 g/mol. The van der Waals surface area contributed by atoms with Gasteiger partial charge in [0.2, 0.25) is 0 Å². The molecule has 0 rings (SSSR count). The van der Waals surface area contributed by atoms with E-state index in [-0.39, 0.29) is 43.8 Å². The summed E-state index contributed by atoms with van der Waals surface area (Å²) in [6.07, 6.45) is 0.216. The molecule has 6 nitrogen and oxygen atoms in total. The van der Waals surface area contributed by atoms with Gasteiger partial charge in [-0.3, -0.25) is 0 Å². The van der Waals surface area contributed by atoms with Crippen molar-refractivity contribution in [2.24, 2.45) is 0 Å². The second-order valence-corrected chi connectivity index (χ2v) is 3.42. The molecule has 0 unspecified atom stereocenters. The minimum atomic E-state index is -0.991. The van der Waals surface area contributed by atoms with Crippen molar-refractivity contribution in [3.8, 4) is 6.07 Å². The number of carboxylic acids is 1. The summed E-state index contributed by atoms with van der Waals surface area (Å²) >= 11 is 0. The monoisotopic (exact) mass is 217 g/mol. The predicted molar refractivity (Wildman–Crippen MR) is 51.8 cm³/mol. The summed E-state index contributed by atoms with van der Waals surface area (Å²) in [7, 11) is 0. The third-order valence-electron chi connectivity index (χ3n) is 2.32. The zero-order valence-electron chi connectivity index (χ0n) is 8.59. The molecule has 0 saturated heterocycles. The van der Waals surface area contributed by atoms with Crippen LogP contribution in [0, 0.1) is 11.3 Å². The van der Waals surface area contributed by atoms with Crippen molar-refractivity contribution in [3.63, 3.8) is 0 Å². The molecule has 86 valence electrons. The molecule has 0 aliphatic carbocycles. The molecule has 15 heavy (non-hydrogen) atoms. The smallest absolute Gasteiger partial charge is 0.359 e.